The Morgan fingerprint density at radius 2 is 1.88 bits per heavy atom. The lowest BCUT2D eigenvalue weighted by atomic mass is 10.2. The van der Waals surface area contributed by atoms with Gasteiger partial charge in [-0.3, -0.25) is 4.40 Å². The topological polar surface area (TPSA) is 35.1 Å². The molecule has 0 spiro atoms. The average Bonchev–Trinajstić information content (AvgIpc) is 3.36. The van der Waals surface area contributed by atoms with Gasteiger partial charge in [0, 0.05) is 17.6 Å². The van der Waals surface area contributed by atoms with Crippen molar-refractivity contribution in [3.63, 3.8) is 0 Å². The molecule has 0 aliphatic heterocycles. The van der Waals surface area contributed by atoms with Crippen molar-refractivity contribution in [1.29, 1.82) is 0 Å². The third-order valence-corrected chi connectivity index (χ3v) is 5.74. The number of thioether (sulfide) groups is 1. The first-order valence-corrected chi connectivity index (χ1v) is 9.59. The van der Waals surface area contributed by atoms with Crippen molar-refractivity contribution < 1.29 is 0 Å². The van der Waals surface area contributed by atoms with Crippen LogP contribution in [0.1, 0.15) is 23.4 Å². The van der Waals surface area contributed by atoms with Crippen molar-refractivity contribution in [3.05, 3.63) is 77.9 Å². The Balaban J connectivity index is 1.47. The smallest absolute Gasteiger partial charge is 0.172 e. The number of para-hydroxylation sites is 1. The first-order valence-electron chi connectivity index (χ1n) is 8.60. The summed E-state index contributed by atoms with van der Waals surface area (Å²) in [6.07, 6.45) is 7.48. The van der Waals surface area contributed by atoms with Gasteiger partial charge in [-0.05, 0) is 49.1 Å². The maximum atomic E-state index is 4.94. The number of pyridine rings is 1. The van der Waals surface area contributed by atoms with Gasteiger partial charge in [0.2, 0.25) is 0 Å². The highest BCUT2D eigenvalue weighted by molar-refractivity contribution is 7.98. The SMILES string of the molecule is c1ccc(-n2nc(CSc3ncc4ccccn34)c3c2CCC3)cc1. The second kappa shape index (κ2) is 6.08. The molecule has 0 amide bonds. The van der Waals surface area contributed by atoms with Crippen molar-refractivity contribution >= 4 is 17.3 Å². The first kappa shape index (κ1) is 14.8. The van der Waals surface area contributed by atoms with Gasteiger partial charge in [0.15, 0.2) is 5.16 Å². The van der Waals surface area contributed by atoms with Gasteiger partial charge >= 0.3 is 0 Å². The Morgan fingerprint density at radius 1 is 1.00 bits per heavy atom. The lowest BCUT2D eigenvalue weighted by Crippen LogP contribution is -2.01. The lowest BCUT2D eigenvalue weighted by Gasteiger charge is -2.04. The van der Waals surface area contributed by atoms with Gasteiger partial charge in [0.25, 0.3) is 0 Å². The fraction of sp³-hybridized carbons (Fsp3) is 0.200. The number of benzene rings is 1. The molecule has 3 aromatic heterocycles. The maximum absolute atomic E-state index is 4.94. The Morgan fingerprint density at radius 3 is 2.80 bits per heavy atom. The normalized spacial score (nSPS) is 13.4. The summed E-state index contributed by atoms with van der Waals surface area (Å²) >= 11 is 1.76. The molecule has 0 fully saturated rings. The molecular formula is C20H18N4S. The summed E-state index contributed by atoms with van der Waals surface area (Å²) in [5, 5.41) is 5.97. The Hall–Kier alpha value is -2.53. The number of nitrogens with zero attached hydrogens (tertiary/aromatic N) is 4. The van der Waals surface area contributed by atoms with Crippen LogP contribution >= 0.6 is 11.8 Å². The molecule has 5 rings (SSSR count). The van der Waals surface area contributed by atoms with Crippen molar-refractivity contribution in [1.82, 2.24) is 19.2 Å². The summed E-state index contributed by atoms with van der Waals surface area (Å²) in [5.41, 5.74) is 6.31. The van der Waals surface area contributed by atoms with E-state index in [-0.39, 0.29) is 0 Å². The van der Waals surface area contributed by atoms with E-state index in [9.17, 15) is 0 Å². The van der Waals surface area contributed by atoms with Crippen molar-refractivity contribution in [2.75, 3.05) is 0 Å². The van der Waals surface area contributed by atoms with E-state index in [2.05, 4.69) is 50.6 Å². The van der Waals surface area contributed by atoms with Crippen molar-refractivity contribution in [2.45, 2.75) is 30.2 Å². The second-order valence-electron chi connectivity index (χ2n) is 6.30. The molecule has 0 atom stereocenters. The minimum atomic E-state index is 0.857. The molecule has 1 aromatic carbocycles. The van der Waals surface area contributed by atoms with Crippen LogP contribution < -0.4 is 0 Å². The molecule has 0 saturated heterocycles. The number of aromatic nitrogens is 4. The number of imidazole rings is 1. The Kier molecular flexibility index (Phi) is 3.59. The second-order valence-corrected chi connectivity index (χ2v) is 7.24. The largest absolute Gasteiger partial charge is 0.295 e. The standard InChI is InChI=1S/C20H18N4S/c1-2-7-15(8-3-1)24-19-11-6-10-17(19)18(22-24)14-25-20-21-13-16-9-4-5-12-23(16)20/h1-5,7-9,12-13H,6,10-11,14H2. The van der Waals surface area contributed by atoms with Gasteiger partial charge in [-0.1, -0.05) is 36.0 Å². The zero-order valence-electron chi connectivity index (χ0n) is 13.8. The Bertz CT molecular complexity index is 1030. The van der Waals surface area contributed by atoms with Crippen LogP contribution in [-0.4, -0.2) is 19.2 Å². The molecule has 3 heterocycles. The number of rotatable bonds is 4. The predicted octanol–water partition coefficient (Wildman–Crippen LogP) is 4.30. The van der Waals surface area contributed by atoms with Gasteiger partial charge in [0.05, 0.1) is 23.1 Å². The van der Waals surface area contributed by atoms with E-state index in [0.29, 0.717) is 0 Å². The lowest BCUT2D eigenvalue weighted by molar-refractivity contribution is 0.771. The van der Waals surface area contributed by atoms with Crippen molar-refractivity contribution in [3.8, 4) is 5.69 Å². The van der Waals surface area contributed by atoms with Gasteiger partial charge in [0.1, 0.15) is 0 Å². The molecule has 4 nitrogen and oxygen atoms in total. The third kappa shape index (κ3) is 2.55. The van der Waals surface area contributed by atoms with Gasteiger partial charge < -0.3 is 0 Å². The van der Waals surface area contributed by atoms with Crippen molar-refractivity contribution in [2.24, 2.45) is 0 Å². The van der Waals surface area contributed by atoms with Crippen LogP contribution in [0.2, 0.25) is 0 Å². The summed E-state index contributed by atoms with van der Waals surface area (Å²) in [7, 11) is 0. The summed E-state index contributed by atoms with van der Waals surface area (Å²) in [6, 6.07) is 16.6. The van der Waals surface area contributed by atoms with Crippen LogP contribution in [0.4, 0.5) is 0 Å². The van der Waals surface area contributed by atoms with Gasteiger partial charge in [-0.2, -0.15) is 5.10 Å². The van der Waals surface area contributed by atoms with E-state index in [1.54, 1.807) is 11.8 Å². The molecule has 0 saturated carbocycles. The summed E-state index contributed by atoms with van der Waals surface area (Å²) in [4.78, 5) is 4.56. The predicted molar refractivity (Wildman–Crippen MR) is 100 cm³/mol. The minimum absolute atomic E-state index is 0.857. The summed E-state index contributed by atoms with van der Waals surface area (Å²) < 4.78 is 4.28. The highest BCUT2D eigenvalue weighted by atomic mass is 32.2. The van der Waals surface area contributed by atoms with Crippen LogP contribution in [0, 0.1) is 0 Å². The molecule has 5 heteroatoms. The van der Waals surface area contributed by atoms with E-state index in [0.717, 1.165) is 35.0 Å². The minimum Gasteiger partial charge on any atom is -0.295 e. The maximum Gasteiger partial charge on any atom is 0.172 e. The number of hydrogen-bond acceptors (Lipinski definition) is 3. The van der Waals surface area contributed by atoms with Crippen LogP contribution in [0.5, 0.6) is 0 Å². The zero-order chi connectivity index (χ0) is 16.6. The zero-order valence-corrected chi connectivity index (χ0v) is 14.6. The van der Waals surface area contributed by atoms with Gasteiger partial charge in [-0.15, -0.1) is 0 Å². The average molecular weight is 346 g/mol. The molecule has 4 aromatic rings. The number of hydrogen-bond donors (Lipinski definition) is 0. The fourth-order valence-corrected chi connectivity index (χ4v) is 4.50. The molecule has 25 heavy (non-hydrogen) atoms. The van der Waals surface area contributed by atoms with Crippen LogP contribution in [0.3, 0.4) is 0 Å². The third-order valence-electron chi connectivity index (χ3n) is 4.76. The van der Waals surface area contributed by atoms with E-state index >= 15 is 0 Å². The molecule has 0 bridgehead atoms. The quantitative estimate of drug-likeness (QED) is 0.517. The highest BCUT2D eigenvalue weighted by Crippen LogP contribution is 2.31. The summed E-state index contributed by atoms with van der Waals surface area (Å²) in [5.74, 6) is 0.857. The van der Waals surface area contributed by atoms with E-state index < -0.39 is 0 Å². The van der Waals surface area contributed by atoms with E-state index in [4.69, 9.17) is 5.10 Å². The monoisotopic (exact) mass is 346 g/mol. The molecule has 0 N–H and O–H groups in total. The van der Waals surface area contributed by atoms with Crippen LogP contribution in [0.15, 0.2) is 66.1 Å². The van der Waals surface area contributed by atoms with Crippen LogP contribution in [0.25, 0.3) is 11.2 Å². The molecule has 1 aliphatic rings. The molecule has 1 aliphatic carbocycles. The first-order chi connectivity index (χ1) is 12.4. The molecular weight excluding hydrogens is 328 g/mol. The highest BCUT2D eigenvalue weighted by Gasteiger charge is 2.23. The van der Waals surface area contributed by atoms with E-state index in [1.165, 1.54) is 23.4 Å². The summed E-state index contributed by atoms with van der Waals surface area (Å²) in [6.45, 7) is 0. The number of fused-ring (bicyclic) bond motifs is 2. The van der Waals surface area contributed by atoms with Gasteiger partial charge in [-0.25, -0.2) is 9.67 Å². The fourth-order valence-electron chi connectivity index (χ4n) is 3.57. The van der Waals surface area contributed by atoms with Crippen LogP contribution in [-0.2, 0) is 18.6 Å². The molecule has 0 radical (unpaired) electrons. The Labute approximate surface area is 150 Å². The molecule has 124 valence electrons. The van der Waals surface area contributed by atoms with E-state index in [1.807, 2.05) is 24.4 Å². The molecule has 0 unspecified atom stereocenters.